The summed E-state index contributed by atoms with van der Waals surface area (Å²) in [5, 5.41) is 2.99. The maximum atomic E-state index is 11.9. The number of hydrogen-bond acceptors (Lipinski definition) is 4. The molecule has 1 aliphatic heterocycles. The van der Waals surface area contributed by atoms with Gasteiger partial charge < -0.3 is 10.1 Å². The van der Waals surface area contributed by atoms with Gasteiger partial charge in [-0.1, -0.05) is 6.07 Å². The molecule has 0 saturated carbocycles. The molecule has 0 spiro atoms. The Labute approximate surface area is 120 Å². The van der Waals surface area contributed by atoms with Crippen molar-refractivity contribution >= 4 is 5.91 Å². The molecule has 1 aromatic rings. The van der Waals surface area contributed by atoms with Gasteiger partial charge >= 0.3 is 0 Å². The maximum absolute atomic E-state index is 11.9. The fraction of sp³-hybridized carbons (Fsp3) is 0.600. The van der Waals surface area contributed by atoms with Crippen LogP contribution in [0.15, 0.2) is 18.3 Å². The van der Waals surface area contributed by atoms with Gasteiger partial charge in [-0.25, -0.2) is 0 Å². The molecule has 20 heavy (non-hydrogen) atoms. The minimum absolute atomic E-state index is 0.0516. The van der Waals surface area contributed by atoms with Crippen LogP contribution in [0.3, 0.4) is 0 Å². The SMILES string of the molecule is Cc1ccc(CC(=O)NCC(C)N2CCOCC2)cn1. The molecule has 1 unspecified atom stereocenters. The number of morpholine rings is 1. The number of nitrogens with zero attached hydrogens (tertiary/aromatic N) is 2. The van der Waals surface area contributed by atoms with E-state index in [2.05, 4.69) is 22.1 Å². The first kappa shape index (κ1) is 14.9. The van der Waals surface area contributed by atoms with Crippen molar-refractivity contribution in [3.8, 4) is 0 Å². The zero-order valence-electron chi connectivity index (χ0n) is 12.3. The zero-order valence-corrected chi connectivity index (χ0v) is 12.3. The van der Waals surface area contributed by atoms with Crippen LogP contribution in [0.25, 0.3) is 0 Å². The Balaban J connectivity index is 1.72. The van der Waals surface area contributed by atoms with Crippen molar-refractivity contribution < 1.29 is 9.53 Å². The summed E-state index contributed by atoms with van der Waals surface area (Å²) in [6.45, 7) is 8.21. The first-order chi connectivity index (χ1) is 9.65. The molecule has 0 radical (unpaired) electrons. The van der Waals surface area contributed by atoms with Crippen LogP contribution in [0.5, 0.6) is 0 Å². The summed E-state index contributed by atoms with van der Waals surface area (Å²) in [6.07, 6.45) is 2.16. The highest BCUT2D eigenvalue weighted by Gasteiger charge is 2.17. The molecule has 0 aliphatic carbocycles. The summed E-state index contributed by atoms with van der Waals surface area (Å²) >= 11 is 0. The van der Waals surface area contributed by atoms with E-state index in [0.29, 0.717) is 19.0 Å². The molecule has 1 saturated heterocycles. The van der Waals surface area contributed by atoms with Gasteiger partial charge in [0.1, 0.15) is 0 Å². The second-order valence-electron chi connectivity index (χ2n) is 5.29. The van der Waals surface area contributed by atoms with Gasteiger partial charge in [0.15, 0.2) is 0 Å². The van der Waals surface area contributed by atoms with Gasteiger partial charge in [0.05, 0.1) is 19.6 Å². The third-order valence-corrected chi connectivity index (χ3v) is 3.60. The average molecular weight is 277 g/mol. The van der Waals surface area contributed by atoms with Crippen LogP contribution in [-0.2, 0) is 16.0 Å². The Morgan fingerprint density at radius 3 is 2.85 bits per heavy atom. The van der Waals surface area contributed by atoms with Gasteiger partial charge in [0.2, 0.25) is 5.91 Å². The molecule has 0 aromatic carbocycles. The van der Waals surface area contributed by atoms with E-state index in [1.807, 2.05) is 19.1 Å². The number of pyridine rings is 1. The van der Waals surface area contributed by atoms with Crippen LogP contribution in [0.2, 0.25) is 0 Å². The molecule has 0 bridgehead atoms. The van der Waals surface area contributed by atoms with Crippen molar-refractivity contribution in [3.63, 3.8) is 0 Å². The van der Waals surface area contributed by atoms with Crippen molar-refractivity contribution in [1.82, 2.24) is 15.2 Å². The number of aryl methyl sites for hydroxylation is 1. The van der Waals surface area contributed by atoms with E-state index in [9.17, 15) is 4.79 Å². The van der Waals surface area contributed by atoms with E-state index in [4.69, 9.17) is 4.74 Å². The summed E-state index contributed by atoms with van der Waals surface area (Å²) in [5.74, 6) is 0.0516. The maximum Gasteiger partial charge on any atom is 0.224 e. The lowest BCUT2D eigenvalue weighted by atomic mass is 10.2. The van der Waals surface area contributed by atoms with Crippen LogP contribution in [-0.4, -0.2) is 54.7 Å². The number of rotatable bonds is 5. The van der Waals surface area contributed by atoms with Crippen molar-refractivity contribution in [2.24, 2.45) is 0 Å². The van der Waals surface area contributed by atoms with Crippen molar-refractivity contribution in [2.75, 3.05) is 32.8 Å². The Bertz CT molecular complexity index is 427. The van der Waals surface area contributed by atoms with Crippen molar-refractivity contribution in [1.29, 1.82) is 0 Å². The van der Waals surface area contributed by atoms with Gasteiger partial charge in [-0.3, -0.25) is 14.7 Å². The monoisotopic (exact) mass is 277 g/mol. The Morgan fingerprint density at radius 2 is 2.20 bits per heavy atom. The number of hydrogen-bond donors (Lipinski definition) is 1. The van der Waals surface area contributed by atoms with Gasteiger partial charge in [0.25, 0.3) is 0 Å². The predicted molar refractivity (Wildman–Crippen MR) is 77.5 cm³/mol. The number of amides is 1. The summed E-state index contributed by atoms with van der Waals surface area (Å²) in [7, 11) is 0. The summed E-state index contributed by atoms with van der Waals surface area (Å²) in [4.78, 5) is 18.4. The lowest BCUT2D eigenvalue weighted by Gasteiger charge is -2.32. The number of ether oxygens (including phenoxy) is 1. The largest absolute Gasteiger partial charge is 0.379 e. The lowest BCUT2D eigenvalue weighted by molar-refractivity contribution is -0.120. The predicted octanol–water partition coefficient (Wildman–Crippen LogP) is 0.769. The van der Waals surface area contributed by atoms with E-state index in [-0.39, 0.29) is 5.91 Å². The number of carbonyl (C=O) groups is 1. The van der Waals surface area contributed by atoms with Crippen LogP contribution in [0, 0.1) is 6.92 Å². The Kier molecular flexibility index (Phi) is 5.49. The first-order valence-corrected chi connectivity index (χ1v) is 7.15. The molecule has 5 heteroatoms. The van der Waals surface area contributed by atoms with E-state index < -0.39 is 0 Å². The number of aromatic nitrogens is 1. The normalized spacial score (nSPS) is 17.7. The Morgan fingerprint density at radius 1 is 1.45 bits per heavy atom. The van der Waals surface area contributed by atoms with E-state index in [1.165, 1.54) is 0 Å². The molecule has 2 rings (SSSR count). The second kappa shape index (κ2) is 7.36. The van der Waals surface area contributed by atoms with Crippen LogP contribution < -0.4 is 5.32 Å². The fourth-order valence-corrected chi connectivity index (χ4v) is 2.26. The molecule has 1 fully saturated rings. The van der Waals surface area contributed by atoms with Gasteiger partial charge in [0, 0.05) is 37.6 Å². The molecule has 110 valence electrons. The fourth-order valence-electron chi connectivity index (χ4n) is 2.26. The van der Waals surface area contributed by atoms with Crippen LogP contribution in [0.1, 0.15) is 18.2 Å². The summed E-state index contributed by atoms with van der Waals surface area (Å²) < 4.78 is 5.33. The molecule has 1 atom stereocenters. The topological polar surface area (TPSA) is 54.5 Å². The van der Waals surface area contributed by atoms with Crippen molar-refractivity contribution in [3.05, 3.63) is 29.6 Å². The highest BCUT2D eigenvalue weighted by Crippen LogP contribution is 2.03. The Hall–Kier alpha value is -1.46. The number of nitrogens with one attached hydrogen (secondary N) is 1. The minimum Gasteiger partial charge on any atom is -0.379 e. The van der Waals surface area contributed by atoms with Gasteiger partial charge in [-0.2, -0.15) is 0 Å². The van der Waals surface area contributed by atoms with Gasteiger partial charge in [-0.05, 0) is 25.5 Å². The average Bonchev–Trinajstić information content (AvgIpc) is 2.48. The van der Waals surface area contributed by atoms with E-state index in [1.54, 1.807) is 6.20 Å². The summed E-state index contributed by atoms with van der Waals surface area (Å²) in [6, 6.07) is 4.23. The zero-order chi connectivity index (χ0) is 14.4. The van der Waals surface area contributed by atoms with E-state index >= 15 is 0 Å². The smallest absolute Gasteiger partial charge is 0.224 e. The highest BCUT2D eigenvalue weighted by molar-refractivity contribution is 5.78. The van der Waals surface area contributed by atoms with Crippen LogP contribution in [0.4, 0.5) is 0 Å². The molecule has 1 aliphatic rings. The van der Waals surface area contributed by atoms with Crippen LogP contribution >= 0.6 is 0 Å². The standard InChI is InChI=1S/C15H23N3O2/c1-12-3-4-14(11-16-12)9-15(19)17-10-13(2)18-5-7-20-8-6-18/h3-4,11,13H,5-10H2,1-2H3,(H,17,19). The third kappa shape index (κ3) is 4.58. The third-order valence-electron chi connectivity index (χ3n) is 3.60. The second-order valence-corrected chi connectivity index (χ2v) is 5.29. The quantitative estimate of drug-likeness (QED) is 0.864. The van der Waals surface area contributed by atoms with E-state index in [0.717, 1.165) is 37.6 Å². The highest BCUT2D eigenvalue weighted by atomic mass is 16.5. The number of carbonyl (C=O) groups excluding carboxylic acids is 1. The van der Waals surface area contributed by atoms with Gasteiger partial charge in [-0.15, -0.1) is 0 Å². The minimum atomic E-state index is 0.0516. The molecule has 1 amide bonds. The molecular formula is C15H23N3O2. The molecular weight excluding hydrogens is 254 g/mol. The summed E-state index contributed by atoms with van der Waals surface area (Å²) in [5.41, 5.74) is 1.92. The lowest BCUT2D eigenvalue weighted by Crippen LogP contribution is -2.47. The first-order valence-electron chi connectivity index (χ1n) is 7.15. The molecule has 2 heterocycles. The molecule has 1 aromatic heterocycles. The molecule has 5 nitrogen and oxygen atoms in total. The molecule has 1 N–H and O–H groups in total. The van der Waals surface area contributed by atoms with Crippen molar-refractivity contribution in [2.45, 2.75) is 26.3 Å².